The zero-order valence-corrected chi connectivity index (χ0v) is 8.71. The number of hydrogen-bond acceptors (Lipinski definition) is 4. The second-order valence-electron chi connectivity index (χ2n) is 3.82. The summed E-state index contributed by atoms with van der Waals surface area (Å²) in [6.07, 6.45) is 1.99. The van der Waals surface area contributed by atoms with Crippen molar-refractivity contribution in [2.24, 2.45) is 0 Å². The highest BCUT2D eigenvalue weighted by molar-refractivity contribution is 5.29. The molecule has 5 heteroatoms. The first-order chi connectivity index (χ1) is 7.22. The molecule has 1 aromatic heterocycles. The zero-order chi connectivity index (χ0) is 10.8. The van der Waals surface area contributed by atoms with Gasteiger partial charge in [-0.3, -0.25) is 0 Å². The number of aryl methyl sites for hydroxylation is 1. The zero-order valence-electron chi connectivity index (χ0n) is 8.71. The van der Waals surface area contributed by atoms with Crippen molar-refractivity contribution >= 4 is 0 Å². The van der Waals surface area contributed by atoms with E-state index in [9.17, 15) is 9.90 Å². The molecule has 5 nitrogen and oxygen atoms in total. The predicted octanol–water partition coefficient (Wildman–Crippen LogP) is -0.141. The minimum Gasteiger partial charge on any atom is -0.388 e. The van der Waals surface area contributed by atoms with Gasteiger partial charge in [0.25, 0.3) is 0 Å². The molecule has 1 aliphatic carbocycles. The predicted molar refractivity (Wildman–Crippen MR) is 55.5 cm³/mol. The number of nitrogens with one attached hydrogen (secondary N) is 2. The molecule has 0 fully saturated rings. The number of H-pyrrole nitrogens is 1. The second kappa shape index (κ2) is 4.12. The molecule has 1 heterocycles. The van der Waals surface area contributed by atoms with Crippen LogP contribution in [-0.4, -0.2) is 22.1 Å². The molecule has 0 radical (unpaired) electrons. The quantitative estimate of drug-likeness (QED) is 0.633. The van der Waals surface area contributed by atoms with Gasteiger partial charge in [-0.2, -0.15) is 4.98 Å². The molecule has 3 N–H and O–H groups in total. The van der Waals surface area contributed by atoms with E-state index in [2.05, 4.69) is 15.3 Å². The fraction of sp³-hybridized carbons (Fsp3) is 0.600. The maximum atomic E-state index is 11.3. The summed E-state index contributed by atoms with van der Waals surface area (Å²) >= 11 is 0. The third kappa shape index (κ3) is 1.93. The van der Waals surface area contributed by atoms with Gasteiger partial charge in [0.1, 0.15) is 0 Å². The van der Waals surface area contributed by atoms with Crippen molar-refractivity contribution in [1.29, 1.82) is 0 Å². The number of nitrogens with zero attached hydrogens (tertiary/aromatic N) is 1. The van der Waals surface area contributed by atoms with Crippen molar-refractivity contribution < 1.29 is 5.11 Å². The van der Waals surface area contributed by atoms with Crippen LogP contribution in [0.2, 0.25) is 0 Å². The summed E-state index contributed by atoms with van der Waals surface area (Å²) in [4.78, 5) is 17.9. The molecule has 1 aliphatic rings. The highest BCUT2D eigenvalue weighted by Crippen LogP contribution is 2.29. The summed E-state index contributed by atoms with van der Waals surface area (Å²) in [6, 6.07) is 0. The van der Waals surface area contributed by atoms with Crippen LogP contribution >= 0.6 is 0 Å². The highest BCUT2D eigenvalue weighted by Gasteiger charge is 2.22. The molecule has 15 heavy (non-hydrogen) atoms. The molecule has 0 spiro atoms. The topological polar surface area (TPSA) is 78.0 Å². The molecule has 0 saturated heterocycles. The van der Waals surface area contributed by atoms with Crippen LogP contribution in [-0.2, 0) is 13.0 Å². The van der Waals surface area contributed by atoms with Crippen LogP contribution in [0.1, 0.15) is 35.9 Å². The van der Waals surface area contributed by atoms with Crippen LogP contribution in [0.25, 0.3) is 0 Å². The second-order valence-corrected chi connectivity index (χ2v) is 3.82. The van der Waals surface area contributed by atoms with Gasteiger partial charge in [0.05, 0.1) is 11.8 Å². The van der Waals surface area contributed by atoms with Gasteiger partial charge in [-0.1, -0.05) is 0 Å². The average Bonchev–Trinajstić information content (AvgIpc) is 2.17. The molecule has 0 bridgehead atoms. The summed E-state index contributed by atoms with van der Waals surface area (Å²) in [7, 11) is 1.80. The molecular formula is C10H15N3O2. The Morgan fingerprint density at radius 3 is 3.20 bits per heavy atom. The fourth-order valence-corrected chi connectivity index (χ4v) is 2.09. The summed E-state index contributed by atoms with van der Waals surface area (Å²) in [6.45, 7) is 0.517. The monoisotopic (exact) mass is 209 g/mol. The smallest absolute Gasteiger partial charge is 0.345 e. The Kier molecular flexibility index (Phi) is 2.83. The molecule has 0 aromatic carbocycles. The minimum absolute atomic E-state index is 0.326. The van der Waals surface area contributed by atoms with Gasteiger partial charge in [0.2, 0.25) is 0 Å². The first-order valence-corrected chi connectivity index (χ1v) is 5.17. The molecule has 0 saturated carbocycles. The van der Waals surface area contributed by atoms with E-state index in [-0.39, 0.29) is 5.69 Å². The van der Waals surface area contributed by atoms with Crippen molar-refractivity contribution in [1.82, 2.24) is 15.3 Å². The van der Waals surface area contributed by atoms with E-state index in [4.69, 9.17) is 0 Å². The summed E-state index contributed by atoms with van der Waals surface area (Å²) in [5.74, 6) is 0. The molecule has 0 amide bonds. The Balaban J connectivity index is 2.53. The van der Waals surface area contributed by atoms with E-state index in [1.165, 1.54) is 0 Å². The summed E-state index contributed by atoms with van der Waals surface area (Å²) < 4.78 is 0. The number of hydrogen-bond donors (Lipinski definition) is 3. The van der Waals surface area contributed by atoms with E-state index in [0.717, 1.165) is 30.5 Å². The molecule has 1 aromatic rings. The number of rotatable bonds is 2. The molecule has 82 valence electrons. The Bertz CT molecular complexity index is 414. The lowest BCUT2D eigenvalue weighted by Crippen LogP contribution is -2.25. The van der Waals surface area contributed by atoms with Crippen molar-refractivity contribution in [3.63, 3.8) is 0 Å². The molecule has 1 unspecified atom stereocenters. The van der Waals surface area contributed by atoms with Crippen LogP contribution in [0.3, 0.4) is 0 Å². The van der Waals surface area contributed by atoms with Gasteiger partial charge in [-0.05, 0) is 26.3 Å². The van der Waals surface area contributed by atoms with Crippen LogP contribution in [0.4, 0.5) is 0 Å². The van der Waals surface area contributed by atoms with Crippen molar-refractivity contribution in [2.45, 2.75) is 31.9 Å². The minimum atomic E-state index is -0.485. The van der Waals surface area contributed by atoms with E-state index >= 15 is 0 Å². The SMILES string of the molecule is CNCc1nc(=O)[nH]c2c1C(O)CCC2. The third-order valence-electron chi connectivity index (χ3n) is 2.71. The summed E-state index contributed by atoms with van der Waals surface area (Å²) in [5, 5.41) is 12.8. The Labute approximate surface area is 87.6 Å². The number of aliphatic hydroxyl groups excluding tert-OH is 1. The van der Waals surface area contributed by atoms with Gasteiger partial charge < -0.3 is 15.4 Å². The van der Waals surface area contributed by atoms with Crippen LogP contribution in [0.15, 0.2) is 4.79 Å². The maximum absolute atomic E-state index is 11.3. The normalized spacial score (nSPS) is 20.0. The van der Waals surface area contributed by atoms with Crippen molar-refractivity contribution in [3.8, 4) is 0 Å². The van der Waals surface area contributed by atoms with Gasteiger partial charge in [-0.15, -0.1) is 0 Å². The van der Waals surface area contributed by atoms with Crippen LogP contribution in [0.5, 0.6) is 0 Å². The Morgan fingerprint density at radius 2 is 2.47 bits per heavy atom. The Hall–Kier alpha value is -1.20. The number of aliphatic hydroxyl groups is 1. The molecule has 1 atom stereocenters. The molecule has 2 rings (SSSR count). The van der Waals surface area contributed by atoms with Crippen molar-refractivity contribution in [2.75, 3.05) is 7.05 Å². The molecule has 0 aliphatic heterocycles. The van der Waals surface area contributed by atoms with Gasteiger partial charge >= 0.3 is 5.69 Å². The maximum Gasteiger partial charge on any atom is 0.345 e. The first-order valence-electron chi connectivity index (χ1n) is 5.17. The van der Waals surface area contributed by atoms with Crippen LogP contribution < -0.4 is 11.0 Å². The highest BCUT2D eigenvalue weighted by atomic mass is 16.3. The lowest BCUT2D eigenvalue weighted by atomic mass is 9.92. The number of aromatic amines is 1. The standard InChI is InChI=1S/C10H15N3O2/c1-11-5-7-9-6(12-10(15)13-7)3-2-4-8(9)14/h8,11,14H,2-5H2,1H3,(H,12,13,15). The van der Waals surface area contributed by atoms with E-state index < -0.39 is 6.10 Å². The lowest BCUT2D eigenvalue weighted by molar-refractivity contribution is 0.153. The van der Waals surface area contributed by atoms with E-state index in [1.807, 2.05) is 0 Å². The Morgan fingerprint density at radius 1 is 1.67 bits per heavy atom. The lowest BCUT2D eigenvalue weighted by Gasteiger charge is -2.22. The van der Waals surface area contributed by atoms with Crippen LogP contribution in [0, 0.1) is 0 Å². The summed E-state index contributed by atoms with van der Waals surface area (Å²) in [5.41, 5.74) is 2.01. The first kappa shape index (κ1) is 10.3. The number of aromatic nitrogens is 2. The van der Waals surface area contributed by atoms with Gasteiger partial charge in [0.15, 0.2) is 0 Å². The third-order valence-corrected chi connectivity index (χ3v) is 2.71. The fourth-order valence-electron chi connectivity index (χ4n) is 2.09. The van der Waals surface area contributed by atoms with E-state index in [0.29, 0.717) is 12.2 Å². The van der Waals surface area contributed by atoms with Gasteiger partial charge in [0, 0.05) is 17.8 Å². The molecular weight excluding hydrogens is 194 g/mol. The average molecular weight is 209 g/mol. The van der Waals surface area contributed by atoms with Gasteiger partial charge in [-0.25, -0.2) is 4.79 Å². The van der Waals surface area contributed by atoms with Crippen molar-refractivity contribution in [3.05, 3.63) is 27.4 Å². The number of fused-ring (bicyclic) bond motifs is 1. The largest absolute Gasteiger partial charge is 0.388 e. The van der Waals surface area contributed by atoms with E-state index in [1.54, 1.807) is 7.05 Å².